The van der Waals surface area contributed by atoms with Gasteiger partial charge in [0.15, 0.2) is 0 Å². The maximum absolute atomic E-state index is 12.4. The van der Waals surface area contributed by atoms with E-state index < -0.39 is 6.36 Å². The molecule has 0 unspecified atom stereocenters. The van der Waals surface area contributed by atoms with Crippen molar-refractivity contribution in [2.24, 2.45) is 0 Å². The SMILES string of the molecule is C#Cc1ccc(C)cc1-c1ccccc1OC(F)(F)F. The molecular weight excluding hydrogens is 265 g/mol. The molecule has 0 fully saturated rings. The van der Waals surface area contributed by atoms with E-state index in [2.05, 4.69) is 10.7 Å². The van der Waals surface area contributed by atoms with E-state index >= 15 is 0 Å². The molecule has 0 saturated heterocycles. The first kappa shape index (κ1) is 14.0. The molecule has 0 N–H and O–H groups in total. The highest BCUT2D eigenvalue weighted by Crippen LogP contribution is 2.35. The van der Waals surface area contributed by atoms with Crippen LogP contribution < -0.4 is 4.74 Å². The van der Waals surface area contributed by atoms with Crippen molar-refractivity contribution in [1.29, 1.82) is 0 Å². The van der Waals surface area contributed by atoms with Gasteiger partial charge in [0.2, 0.25) is 0 Å². The topological polar surface area (TPSA) is 9.23 Å². The number of ether oxygens (including phenoxy) is 1. The van der Waals surface area contributed by atoms with Crippen LogP contribution in [0.1, 0.15) is 11.1 Å². The van der Waals surface area contributed by atoms with Crippen molar-refractivity contribution in [3.8, 4) is 29.2 Å². The van der Waals surface area contributed by atoms with Gasteiger partial charge in [-0.1, -0.05) is 41.8 Å². The molecule has 0 bridgehead atoms. The van der Waals surface area contributed by atoms with Crippen molar-refractivity contribution in [1.82, 2.24) is 0 Å². The van der Waals surface area contributed by atoms with Crippen molar-refractivity contribution >= 4 is 0 Å². The van der Waals surface area contributed by atoms with Gasteiger partial charge in [0.05, 0.1) is 0 Å². The van der Waals surface area contributed by atoms with E-state index in [-0.39, 0.29) is 5.75 Å². The number of alkyl halides is 3. The van der Waals surface area contributed by atoms with Gasteiger partial charge >= 0.3 is 6.36 Å². The van der Waals surface area contributed by atoms with E-state index in [4.69, 9.17) is 6.42 Å². The van der Waals surface area contributed by atoms with Crippen LogP contribution in [0.15, 0.2) is 42.5 Å². The summed E-state index contributed by atoms with van der Waals surface area (Å²) in [5.74, 6) is 2.21. The first-order valence-electron chi connectivity index (χ1n) is 5.83. The van der Waals surface area contributed by atoms with Crippen molar-refractivity contribution in [3.63, 3.8) is 0 Å². The lowest BCUT2D eigenvalue weighted by molar-refractivity contribution is -0.274. The van der Waals surface area contributed by atoms with Crippen LogP contribution in [0.3, 0.4) is 0 Å². The molecule has 20 heavy (non-hydrogen) atoms. The van der Waals surface area contributed by atoms with Gasteiger partial charge in [-0.3, -0.25) is 0 Å². The summed E-state index contributed by atoms with van der Waals surface area (Å²) in [6.07, 6.45) is 0.662. The summed E-state index contributed by atoms with van der Waals surface area (Å²) in [7, 11) is 0. The predicted octanol–water partition coefficient (Wildman–Crippen LogP) is 4.54. The Labute approximate surface area is 115 Å². The summed E-state index contributed by atoms with van der Waals surface area (Å²) < 4.78 is 41.4. The average molecular weight is 276 g/mol. The molecular formula is C16H11F3O. The number of halogens is 3. The molecule has 0 amide bonds. The summed E-state index contributed by atoms with van der Waals surface area (Å²) in [5.41, 5.74) is 2.29. The molecule has 2 aromatic carbocycles. The number of para-hydroxylation sites is 1. The Morgan fingerprint density at radius 1 is 1.05 bits per heavy atom. The second-order valence-electron chi connectivity index (χ2n) is 4.24. The minimum absolute atomic E-state index is 0.262. The molecule has 2 aromatic rings. The van der Waals surface area contributed by atoms with Crippen molar-refractivity contribution in [3.05, 3.63) is 53.6 Å². The average Bonchev–Trinajstić information content (AvgIpc) is 2.37. The lowest BCUT2D eigenvalue weighted by Gasteiger charge is -2.14. The zero-order valence-corrected chi connectivity index (χ0v) is 10.7. The Balaban J connectivity index is 2.59. The molecule has 0 aromatic heterocycles. The van der Waals surface area contributed by atoms with E-state index in [1.807, 2.05) is 13.0 Å². The molecule has 0 aliphatic carbocycles. The largest absolute Gasteiger partial charge is 0.573 e. The Bertz CT molecular complexity index is 666. The molecule has 4 heteroatoms. The third-order valence-corrected chi connectivity index (χ3v) is 2.73. The van der Waals surface area contributed by atoms with Crippen molar-refractivity contribution in [2.45, 2.75) is 13.3 Å². The van der Waals surface area contributed by atoms with Crippen LogP contribution in [0, 0.1) is 19.3 Å². The smallest absolute Gasteiger partial charge is 0.405 e. The lowest BCUT2D eigenvalue weighted by Crippen LogP contribution is -2.17. The highest BCUT2D eigenvalue weighted by atomic mass is 19.4. The third kappa shape index (κ3) is 3.12. The number of benzene rings is 2. The Morgan fingerprint density at radius 2 is 1.75 bits per heavy atom. The fourth-order valence-corrected chi connectivity index (χ4v) is 1.91. The zero-order chi connectivity index (χ0) is 14.8. The molecule has 0 aliphatic heterocycles. The monoisotopic (exact) mass is 276 g/mol. The van der Waals surface area contributed by atoms with Crippen LogP contribution >= 0.6 is 0 Å². The fourth-order valence-electron chi connectivity index (χ4n) is 1.91. The zero-order valence-electron chi connectivity index (χ0n) is 10.7. The first-order valence-corrected chi connectivity index (χ1v) is 5.83. The summed E-state index contributed by atoms with van der Waals surface area (Å²) >= 11 is 0. The minimum atomic E-state index is -4.74. The maximum atomic E-state index is 12.4. The van der Waals surface area contributed by atoms with Crippen LogP contribution in [0.2, 0.25) is 0 Å². The summed E-state index contributed by atoms with van der Waals surface area (Å²) in [5, 5.41) is 0. The van der Waals surface area contributed by atoms with Crippen LogP contribution in [0.5, 0.6) is 5.75 Å². The fraction of sp³-hybridized carbons (Fsp3) is 0.125. The molecule has 0 atom stereocenters. The van der Waals surface area contributed by atoms with E-state index in [9.17, 15) is 13.2 Å². The van der Waals surface area contributed by atoms with Crippen molar-refractivity contribution in [2.75, 3.05) is 0 Å². The van der Waals surface area contributed by atoms with Crippen LogP contribution in [0.25, 0.3) is 11.1 Å². The predicted molar refractivity (Wildman–Crippen MR) is 71.2 cm³/mol. The second kappa shape index (κ2) is 5.30. The maximum Gasteiger partial charge on any atom is 0.573 e. The van der Waals surface area contributed by atoms with Crippen molar-refractivity contribution < 1.29 is 17.9 Å². The molecule has 0 radical (unpaired) electrons. The molecule has 102 valence electrons. The number of hydrogen-bond acceptors (Lipinski definition) is 1. The Kier molecular flexibility index (Phi) is 3.71. The van der Waals surface area contributed by atoms with E-state index in [1.54, 1.807) is 24.3 Å². The van der Waals surface area contributed by atoms with Gasteiger partial charge in [-0.25, -0.2) is 0 Å². The van der Waals surface area contributed by atoms with Gasteiger partial charge in [-0.05, 0) is 19.1 Å². The summed E-state index contributed by atoms with van der Waals surface area (Å²) in [6.45, 7) is 1.84. The highest BCUT2D eigenvalue weighted by Gasteiger charge is 2.32. The van der Waals surface area contributed by atoms with Gasteiger partial charge in [0, 0.05) is 16.7 Å². The van der Waals surface area contributed by atoms with Gasteiger partial charge in [-0.15, -0.1) is 19.6 Å². The van der Waals surface area contributed by atoms with Gasteiger partial charge in [0.25, 0.3) is 0 Å². The summed E-state index contributed by atoms with van der Waals surface area (Å²) in [4.78, 5) is 0. The standard InChI is InChI=1S/C16H11F3O/c1-3-12-9-8-11(2)10-14(12)13-6-4-5-7-15(13)20-16(17,18)19/h1,4-10H,2H3. The normalized spacial score (nSPS) is 10.9. The number of rotatable bonds is 2. The second-order valence-corrected chi connectivity index (χ2v) is 4.24. The van der Waals surface area contributed by atoms with E-state index in [1.165, 1.54) is 12.1 Å². The third-order valence-electron chi connectivity index (χ3n) is 2.73. The highest BCUT2D eigenvalue weighted by molar-refractivity contribution is 5.76. The minimum Gasteiger partial charge on any atom is -0.405 e. The summed E-state index contributed by atoms with van der Waals surface area (Å²) in [6, 6.07) is 11.2. The Hall–Kier alpha value is -2.41. The van der Waals surface area contributed by atoms with Crippen LogP contribution in [-0.4, -0.2) is 6.36 Å². The Morgan fingerprint density at radius 3 is 2.40 bits per heavy atom. The molecule has 0 heterocycles. The first-order chi connectivity index (χ1) is 9.40. The molecule has 2 rings (SSSR count). The number of aryl methyl sites for hydroxylation is 1. The molecule has 1 nitrogen and oxygen atoms in total. The quantitative estimate of drug-likeness (QED) is 0.732. The molecule has 0 saturated carbocycles. The van der Waals surface area contributed by atoms with Gasteiger partial charge < -0.3 is 4.74 Å². The molecule has 0 aliphatic rings. The van der Waals surface area contributed by atoms with Crippen LogP contribution in [0.4, 0.5) is 13.2 Å². The van der Waals surface area contributed by atoms with E-state index in [0.717, 1.165) is 5.56 Å². The van der Waals surface area contributed by atoms with E-state index in [0.29, 0.717) is 16.7 Å². The molecule has 0 spiro atoms. The van der Waals surface area contributed by atoms with Crippen LogP contribution in [-0.2, 0) is 0 Å². The van der Waals surface area contributed by atoms with Gasteiger partial charge in [-0.2, -0.15) is 0 Å². The number of terminal acetylenes is 1. The van der Waals surface area contributed by atoms with Gasteiger partial charge in [0.1, 0.15) is 5.75 Å². The number of hydrogen-bond donors (Lipinski definition) is 0. The lowest BCUT2D eigenvalue weighted by atomic mass is 9.97.